The highest BCUT2D eigenvalue weighted by atomic mass is 16.3. The lowest BCUT2D eigenvalue weighted by Gasteiger charge is -2.24. The van der Waals surface area contributed by atoms with Crippen LogP contribution in [0, 0.1) is 0 Å². The molecule has 0 N–H and O–H groups in total. The smallest absolute Gasteiger partial charge is 0.136 e. The molecular weight excluding hydrogens is 775 g/mol. The summed E-state index contributed by atoms with van der Waals surface area (Å²) < 4.78 is 8.83. The van der Waals surface area contributed by atoms with Crippen LogP contribution in [0.5, 0.6) is 0 Å². The first kappa shape index (κ1) is 35.2. The minimum atomic E-state index is 0.910. The van der Waals surface area contributed by atoms with E-state index in [9.17, 15) is 0 Å². The Balaban J connectivity index is 1.00. The first-order valence-corrected chi connectivity index (χ1v) is 22.1. The molecule has 0 atom stereocenters. The molecule has 13 aromatic rings. The molecule has 2 aromatic heterocycles. The van der Waals surface area contributed by atoms with Crippen LogP contribution in [0.3, 0.4) is 0 Å². The second kappa shape index (κ2) is 13.5. The second-order valence-corrected chi connectivity index (χ2v) is 17.1. The fraction of sp³-hybridized carbons (Fsp3) is 0. The number of aromatic nitrogens is 1. The summed E-state index contributed by atoms with van der Waals surface area (Å²) in [4.78, 5) is 0. The van der Waals surface area contributed by atoms with Gasteiger partial charge in [0.15, 0.2) is 0 Å². The quantitative estimate of drug-likeness (QED) is 0.163. The van der Waals surface area contributed by atoms with Gasteiger partial charge in [0.05, 0.1) is 11.0 Å². The van der Waals surface area contributed by atoms with Crippen molar-refractivity contribution in [1.82, 2.24) is 4.57 Å². The van der Waals surface area contributed by atoms with Crippen molar-refractivity contribution in [2.24, 2.45) is 0 Å². The van der Waals surface area contributed by atoms with Gasteiger partial charge in [0, 0.05) is 27.2 Å². The minimum Gasteiger partial charge on any atom is -0.456 e. The third-order valence-corrected chi connectivity index (χ3v) is 13.7. The molecule has 0 unspecified atom stereocenters. The summed E-state index contributed by atoms with van der Waals surface area (Å²) in [5.41, 5.74) is 20.2. The molecule has 2 heterocycles. The zero-order valence-electron chi connectivity index (χ0n) is 34.7. The maximum Gasteiger partial charge on any atom is 0.136 e. The molecule has 2 nitrogen and oxygen atoms in total. The SMILES string of the molecule is c1cc(-c2c3ccccc3c(-c3ccc4c(c3)-c3ccccc3-c3ccccc3-c3ccccc3-4)c3ccccc23)cc(-n2c3ccccc3c3cc4oc5ccccc5c4cc32)c1. The fourth-order valence-electron chi connectivity index (χ4n) is 11.0. The number of para-hydroxylation sites is 2. The van der Waals surface area contributed by atoms with Crippen molar-refractivity contribution in [2.45, 2.75) is 0 Å². The Labute approximate surface area is 369 Å². The standard InChI is InChI=1S/C62H37NO/c1-2-19-42-41(18-1)43-20-3-4-22-45(43)47-33-32-39(35-54(47)46-23-6-5-21-44(42)46)62-52-28-9-7-26-50(52)61(51-27-8-10-29-53(51)62)38-16-15-17-40(34-38)63-57-30-13-11-24-48(57)55-37-60-56(36-58(55)63)49-25-12-14-31-59(49)64-60/h1-37H. The van der Waals surface area contributed by atoms with Crippen molar-refractivity contribution in [3.8, 4) is 72.4 Å². The molecule has 2 heteroatoms. The van der Waals surface area contributed by atoms with Gasteiger partial charge < -0.3 is 8.98 Å². The van der Waals surface area contributed by atoms with Gasteiger partial charge >= 0.3 is 0 Å². The van der Waals surface area contributed by atoms with Crippen LogP contribution >= 0.6 is 0 Å². The lowest BCUT2D eigenvalue weighted by molar-refractivity contribution is 0.669. The summed E-state index contributed by atoms with van der Waals surface area (Å²) in [6, 6.07) is 82.6. The van der Waals surface area contributed by atoms with E-state index >= 15 is 0 Å². The molecule has 0 amide bonds. The molecule has 0 fully saturated rings. The van der Waals surface area contributed by atoms with Crippen LogP contribution in [0.25, 0.3) is 138 Å². The Morgan fingerprint density at radius 1 is 0.250 bits per heavy atom. The topological polar surface area (TPSA) is 18.1 Å². The predicted molar refractivity (Wildman–Crippen MR) is 269 cm³/mol. The van der Waals surface area contributed by atoms with Gasteiger partial charge in [-0.1, -0.05) is 182 Å². The monoisotopic (exact) mass is 811 g/mol. The van der Waals surface area contributed by atoms with Crippen LogP contribution in [0.4, 0.5) is 0 Å². The zero-order valence-corrected chi connectivity index (χ0v) is 34.7. The Bertz CT molecular complexity index is 4020. The number of furan rings is 1. The van der Waals surface area contributed by atoms with Gasteiger partial charge in [-0.15, -0.1) is 0 Å². The first-order valence-electron chi connectivity index (χ1n) is 22.1. The number of hydrogen-bond donors (Lipinski definition) is 0. The number of rotatable bonds is 3. The van der Waals surface area contributed by atoms with E-state index in [1.807, 2.05) is 6.07 Å². The molecule has 1 aliphatic carbocycles. The van der Waals surface area contributed by atoms with Gasteiger partial charge in [0.25, 0.3) is 0 Å². The van der Waals surface area contributed by atoms with Crippen molar-refractivity contribution >= 4 is 65.3 Å². The Morgan fingerprint density at radius 2 is 0.719 bits per heavy atom. The normalized spacial score (nSPS) is 12.1. The lowest BCUT2D eigenvalue weighted by Crippen LogP contribution is -1.98. The predicted octanol–water partition coefficient (Wildman–Crippen LogP) is 17.3. The van der Waals surface area contributed by atoms with Gasteiger partial charge in [-0.2, -0.15) is 0 Å². The number of fused-ring (bicyclic) bond motifs is 16. The molecule has 0 bridgehead atoms. The third-order valence-electron chi connectivity index (χ3n) is 13.7. The van der Waals surface area contributed by atoms with Crippen LogP contribution in [0.2, 0.25) is 0 Å². The molecule has 1 aliphatic rings. The van der Waals surface area contributed by atoms with E-state index in [0.29, 0.717) is 0 Å². The number of hydrogen-bond acceptors (Lipinski definition) is 1. The Kier molecular flexibility index (Phi) is 7.43. The van der Waals surface area contributed by atoms with Crippen LogP contribution in [0.1, 0.15) is 0 Å². The van der Waals surface area contributed by atoms with Crippen molar-refractivity contribution in [1.29, 1.82) is 0 Å². The summed E-state index contributed by atoms with van der Waals surface area (Å²) in [6.07, 6.45) is 0. The molecule has 14 rings (SSSR count). The maximum absolute atomic E-state index is 6.40. The highest BCUT2D eigenvalue weighted by molar-refractivity contribution is 6.22. The first-order chi connectivity index (χ1) is 31.8. The molecule has 0 radical (unpaired) electrons. The van der Waals surface area contributed by atoms with Crippen molar-refractivity contribution in [3.05, 3.63) is 224 Å². The molecule has 0 saturated heterocycles. The van der Waals surface area contributed by atoms with Crippen LogP contribution < -0.4 is 0 Å². The lowest BCUT2D eigenvalue weighted by atomic mass is 9.79. The van der Waals surface area contributed by atoms with Crippen LogP contribution in [-0.4, -0.2) is 4.57 Å². The molecule has 0 aliphatic heterocycles. The molecule has 0 saturated carbocycles. The van der Waals surface area contributed by atoms with Crippen molar-refractivity contribution in [2.75, 3.05) is 0 Å². The fourth-order valence-corrected chi connectivity index (χ4v) is 11.0. The van der Waals surface area contributed by atoms with Gasteiger partial charge in [0.1, 0.15) is 11.2 Å². The highest BCUT2D eigenvalue weighted by Crippen LogP contribution is 2.51. The summed E-state index contributed by atoms with van der Waals surface area (Å²) in [5, 5.41) is 9.57. The summed E-state index contributed by atoms with van der Waals surface area (Å²) in [6.45, 7) is 0. The van der Waals surface area contributed by atoms with Crippen molar-refractivity contribution < 1.29 is 4.42 Å². The average molecular weight is 812 g/mol. The van der Waals surface area contributed by atoms with Gasteiger partial charge in [-0.3, -0.25) is 0 Å². The summed E-state index contributed by atoms with van der Waals surface area (Å²) in [7, 11) is 0. The summed E-state index contributed by atoms with van der Waals surface area (Å²) in [5.74, 6) is 0. The number of nitrogens with zero attached hydrogens (tertiary/aromatic N) is 1. The van der Waals surface area contributed by atoms with E-state index in [0.717, 1.165) is 33.1 Å². The van der Waals surface area contributed by atoms with Gasteiger partial charge in [0.2, 0.25) is 0 Å². The van der Waals surface area contributed by atoms with E-state index in [4.69, 9.17) is 4.42 Å². The molecule has 11 aromatic carbocycles. The summed E-state index contributed by atoms with van der Waals surface area (Å²) >= 11 is 0. The van der Waals surface area contributed by atoms with E-state index in [-0.39, 0.29) is 0 Å². The Morgan fingerprint density at radius 3 is 1.31 bits per heavy atom. The average Bonchev–Trinajstić information content (AvgIpc) is 3.89. The largest absolute Gasteiger partial charge is 0.456 e. The third kappa shape index (κ3) is 5.02. The maximum atomic E-state index is 6.40. The van der Waals surface area contributed by atoms with E-state index < -0.39 is 0 Å². The molecule has 0 spiro atoms. The van der Waals surface area contributed by atoms with E-state index in [2.05, 4.69) is 223 Å². The van der Waals surface area contributed by atoms with Crippen LogP contribution in [0.15, 0.2) is 229 Å². The van der Waals surface area contributed by atoms with Gasteiger partial charge in [-0.25, -0.2) is 0 Å². The zero-order chi connectivity index (χ0) is 41.9. The highest BCUT2D eigenvalue weighted by Gasteiger charge is 2.24. The van der Waals surface area contributed by atoms with E-state index in [1.54, 1.807) is 0 Å². The number of benzene rings is 11. The van der Waals surface area contributed by atoms with Gasteiger partial charge in [-0.05, 0) is 131 Å². The minimum absolute atomic E-state index is 0.910. The van der Waals surface area contributed by atoms with Crippen LogP contribution in [-0.2, 0) is 0 Å². The molecule has 296 valence electrons. The van der Waals surface area contributed by atoms with Crippen molar-refractivity contribution in [3.63, 3.8) is 0 Å². The Hall–Kier alpha value is -8.46. The second-order valence-electron chi connectivity index (χ2n) is 17.1. The van der Waals surface area contributed by atoms with E-state index in [1.165, 1.54) is 105 Å². The molecular formula is C62H37NO. The molecule has 64 heavy (non-hydrogen) atoms.